The number of aromatic nitrogens is 2. The second-order valence-corrected chi connectivity index (χ2v) is 6.14. The molecule has 0 N–H and O–H groups in total. The van der Waals surface area contributed by atoms with Gasteiger partial charge in [-0.3, -0.25) is 4.40 Å². The molecular weight excluding hydrogens is 244 g/mol. The number of hydrogen-bond acceptors (Lipinski definition) is 4. The van der Waals surface area contributed by atoms with Crippen molar-refractivity contribution >= 4 is 39.4 Å². The third-order valence-electron chi connectivity index (χ3n) is 2.00. The summed E-state index contributed by atoms with van der Waals surface area (Å²) in [6.07, 6.45) is 4.15. The number of thiazole rings is 1. The summed E-state index contributed by atoms with van der Waals surface area (Å²) in [6.45, 7) is 0. The summed E-state index contributed by atoms with van der Waals surface area (Å²) in [7, 11) is 0. The van der Waals surface area contributed by atoms with Crippen molar-refractivity contribution in [3.05, 3.63) is 41.0 Å². The van der Waals surface area contributed by atoms with Crippen LogP contribution in [-0.4, -0.2) is 9.38 Å². The molecule has 0 unspecified atom stereocenters. The Morgan fingerprint density at radius 3 is 3.13 bits per heavy atom. The number of fused-ring (bicyclic) bond motifs is 1. The predicted octanol–water partition coefficient (Wildman–Crippen LogP) is 3.75. The lowest BCUT2D eigenvalue weighted by atomic mass is 10.6. The van der Waals surface area contributed by atoms with Crippen LogP contribution in [0.2, 0.25) is 0 Å². The molecule has 15 heavy (non-hydrogen) atoms. The van der Waals surface area contributed by atoms with Crippen LogP contribution < -0.4 is 0 Å². The molecule has 0 aliphatic carbocycles. The minimum atomic E-state index is 0.953. The van der Waals surface area contributed by atoms with Crippen molar-refractivity contribution in [2.24, 2.45) is 0 Å². The summed E-state index contributed by atoms with van der Waals surface area (Å²) in [5.41, 5.74) is 1.15. The Balaban J connectivity index is 1.75. The Labute approximate surface area is 99.6 Å². The lowest BCUT2D eigenvalue weighted by molar-refractivity contribution is 1.22. The van der Waals surface area contributed by atoms with Crippen molar-refractivity contribution in [3.8, 4) is 0 Å². The Morgan fingerprint density at radius 2 is 2.33 bits per heavy atom. The molecule has 0 aliphatic rings. The molecular formula is C10H8N2S3. The minimum Gasteiger partial charge on any atom is -0.297 e. The lowest BCUT2D eigenvalue weighted by Crippen LogP contribution is -1.77. The standard InChI is InChI=1S/C10H8N2S3/c1-2-9(13-4-1)15-7-8-6-12-3-5-14-10(12)11-8/h1-6H,7H2. The minimum absolute atomic E-state index is 0.953. The van der Waals surface area contributed by atoms with Gasteiger partial charge < -0.3 is 0 Å². The van der Waals surface area contributed by atoms with Crippen LogP contribution in [0.4, 0.5) is 0 Å². The molecule has 0 saturated carbocycles. The van der Waals surface area contributed by atoms with Gasteiger partial charge in [0, 0.05) is 23.5 Å². The summed E-state index contributed by atoms with van der Waals surface area (Å²) < 4.78 is 3.43. The van der Waals surface area contributed by atoms with E-state index < -0.39 is 0 Å². The average Bonchev–Trinajstić information content (AvgIpc) is 2.91. The van der Waals surface area contributed by atoms with Gasteiger partial charge in [-0.1, -0.05) is 6.07 Å². The molecule has 3 aromatic heterocycles. The van der Waals surface area contributed by atoms with Crippen LogP contribution in [0.1, 0.15) is 5.69 Å². The first kappa shape index (κ1) is 9.45. The smallest absolute Gasteiger partial charge is 0.193 e. The molecule has 3 heterocycles. The number of rotatable bonds is 3. The van der Waals surface area contributed by atoms with Crippen LogP contribution in [0.5, 0.6) is 0 Å². The topological polar surface area (TPSA) is 17.3 Å². The average molecular weight is 252 g/mol. The van der Waals surface area contributed by atoms with E-state index in [2.05, 4.69) is 38.5 Å². The number of imidazole rings is 1. The van der Waals surface area contributed by atoms with Crippen molar-refractivity contribution in [1.82, 2.24) is 9.38 Å². The molecule has 0 spiro atoms. The SMILES string of the molecule is c1csc(SCc2cn3ccsc3n2)c1. The first-order chi connectivity index (χ1) is 7.42. The summed E-state index contributed by atoms with van der Waals surface area (Å²) in [4.78, 5) is 5.62. The highest BCUT2D eigenvalue weighted by Crippen LogP contribution is 2.27. The van der Waals surface area contributed by atoms with Crippen molar-refractivity contribution in [2.45, 2.75) is 9.96 Å². The van der Waals surface area contributed by atoms with Gasteiger partial charge in [0.25, 0.3) is 0 Å². The highest BCUT2D eigenvalue weighted by atomic mass is 32.2. The van der Waals surface area contributed by atoms with Gasteiger partial charge in [-0.05, 0) is 11.4 Å². The summed E-state index contributed by atoms with van der Waals surface area (Å²) in [5.74, 6) is 0.953. The Bertz CT molecular complexity index is 522. The zero-order valence-electron chi connectivity index (χ0n) is 7.79. The van der Waals surface area contributed by atoms with Crippen LogP contribution in [0.15, 0.2) is 39.5 Å². The molecule has 5 heteroatoms. The summed E-state index contributed by atoms with van der Waals surface area (Å²) in [6, 6.07) is 4.23. The van der Waals surface area contributed by atoms with Gasteiger partial charge in [0.2, 0.25) is 0 Å². The van der Waals surface area contributed by atoms with E-state index in [-0.39, 0.29) is 0 Å². The first-order valence-electron chi connectivity index (χ1n) is 4.49. The molecule has 0 saturated heterocycles. The normalized spacial score (nSPS) is 11.2. The lowest BCUT2D eigenvalue weighted by Gasteiger charge is -1.92. The van der Waals surface area contributed by atoms with Crippen LogP contribution >= 0.6 is 34.4 Å². The van der Waals surface area contributed by atoms with Crippen molar-refractivity contribution in [1.29, 1.82) is 0 Å². The van der Waals surface area contributed by atoms with E-state index in [4.69, 9.17) is 0 Å². The predicted molar refractivity (Wildman–Crippen MR) is 66.9 cm³/mol. The van der Waals surface area contributed by atoms with E-state index >= 15 is 0 Å². The highest BCUT2D eigenvalue weighted by Gasteiger charge is 2.03. The fraction of sp³-hybridized carbons (Fsp3) is 0.100. The molecule has 0 atom stereocenters. The van der Waals surface area contributed by atoms with Crippen molar-refractivity contribution < 1.29 is 0 Å². The summed E-state index contributed by atoms with van der Waals surface area (Å²) >= 11 is 5.30. The van der Waals surface area contributed by atoms with E-state index in [1.54, 1.807) is 22.7 Å². The summed E-state index contributed by atoms with van der Waals surface area (Å²) in [5, 5.41) is 4.16. The third-order valence-corrected chi connectivity index (χ3v) is 4.94. The maximum absolute atomic E-state index is 4.54. The molecule has 76 valence electrons. The number of nitrogens with zero attached hydrogens (tertiary/aromatic N) is 2. The van der Waals surface area contributed by atoms with Crippen LogP contribution in [0.25, 0.3) is 4.96 Å². The number of hydrogen-bond donors (Lipinski definition) is 0. The van der Waals surface area contributed by atoms with E-state index in [0.29, 0.717) is 0 Å². The Morgan fingerprint density at radius 1 is 1.33 bits per heavy atom. The van der Waals surface area contributed by atoms with Gasteiger partial charge in [0.1, 0.15) is 0 Å². The zero-order chi connectivity index (χ0) is 10.1. The molecule has 0 aromatic carbocycles. The molecule has 0 amide bonds. The molecule has 3 rings (SSSR count). The van der Waals surface area contributed by atoms with Gasteiger partial charge in [-0.2, -0.15) is 0 Å². The van der Waals surface area contributed by atoms with E-state index in [0.717, 1.165) is 16.4 Å². The maximum Gasteiger partial charge on any atom is 0.193 e. The zero-order valence-corrected chi connectivity index (χ0v) is 10.2. The molecule has 0 fully saturated rings. The first-order valence-corrected chi connectivity index (χ1v) is 7.24. The van der Waals surface area contributed by atoms with Gasteiger partial charge in [-0.25, -0.2) is 4.98 Å². The highest BCUT2D eigenvalue weighted by molar-refractivity contribution is 8.00. The van der Waals surface area contributed by atoms with Gasteiger partial charge in [0.05, 0.1) is 9.90 Å². The van der Waals surface area contributed by atoms with Crippen molar-refractivity contribution in [2.75, 3.05) is 0 Å². The molecule has 2 nitrogen and oxygen atoms in total. The molecule has 0 bridgehead atoms. The van der Waals surface area contributed by atoms with Gasteiger partial charge >= 0.3 is 0 Å². The second-order valence-electron chi connectivity index (χ2n) is 3.05. The Kier molecular flexibility index (Phi) is 2.52. The van der Waals surface area contributed by atoms with E-state index in [1.807, 2.05) is 18.0 Å². The molecule has 0 radical (unpaired) electrons. The van der Waals surface area contributed by atoms with Crippen molar-refractivity contribution in [3.63, 3.8) is 0 Å². The fourth-order valence-electron chi connectivity index (χ4n) is 1.34. The maximum atomic E-state index is 4.54. The van der Waals surface area contributed by atoms with Crippen LogP contribution in [0, 0.1) is 0 Å². The fourth-order valence-corrected chi connectivity index (χ4v) is 3.72. The largest absolute Gasteiger partial charge is 0.297 e. The molecule has 0 aliphatic heterocycles. The monoisotopic (exact) mass is 252 g/mol. The quantitative estimate of drug-likeness (QED) is 0.660. The Hall–Kier alpha value is -0.780. The molecule has 3 aromatic rings. The third kappa shape index (κ3) is 1.95. The van der Waals surface area contributed by atoms with Crippen LogP contribution in [-0.2, 0) is 5.75 Å². The second kappa shape index (κ2) is 4.00. The number of thiophene rings is 1. The van der Waals surface area contributed by atoms with E-state index in [9.17, 15) is 0 Å². The van der Waals surface area contributed by atoms with Gasteiger partial charge in [-0.15, -0.1) is 34.4 Å². The number of thioether (sulfide) groups is 1. The van der Waals surface area contributed by atoms with Crippen LogP contribution in [0.3, 0.4) is 0 Å². The van der Waals surface area contributed by atoms with Gasteiger partial charge in [0.15, 0.2) is 4.96 Å². The van der Waals surface area contributed by atoms with E-state index in [1.165, 1.54) is 4.21 Å².